The second kappa shape index (κ2) is 7.30. The van der Waals surface area contributed by atoms with Gasteiger partial charge in [0.2, 0.25) is 0 Å². The van der Waals surface area contributed by atoms with E-state index in [9.17, 15) is 4.79 Å². The van der Waals surface area contributed by atoms with E-state index < -0.39 is 0 Å². The predicted molar refractivity (Wildman–Crippen MR) is 102 cm³/mol. The van der Waals surface area contributed by atoms with Crippen molar-refractivity contribution in [3.8, 4) is 0 Å². The van der Waals surface area contributed by atoms with Gasteiger partial charge in [-0.3, -0.25) is 9.89 Å². The maximum atomic E-state index is 13.0. The molecular weight excluding hydrogens is 342 g/mol. The van der Waals surface area contributed by atoms with E-state index in [1.165, 1.54) is 6.33 Å². The molecule has 0 radical (unpaired) electrons. The van der Waals surface area contributed by atoms with Crippen molar-refractivity contribution in [2.45, 2.75) is 45.2 Å². The molecule has 0 aromatic carbocycles. The summed E-state index contributed by atoms with van der Waals surface area (Å²) in [6.07, 6.45) is 5.95. The summed E-state index contributed by atoms with van der Waals surface area (Å²) in [4.78, 5) is 27.6. The molecule has 140 valence electrons. The fraction of sp³-hybridized carbons (Fsp3) is 0.421. The van der Waals surface area contributed by atoms with E-state index in [0.717, 1.165) is 41.8 Å². The molecule has 0 aliphatic carbocycles. The number of pyridine rings is 1. The highest BCUT2D eigenvalue weighted by atomic mass is 16.2. The van der Waals surface area contributed by atoms with Gasteiger partial charge >= 0.3 is 0 Å². The Labute approximate surface area is 157 Å². The molecule has 4 rings (SSSR count). The fourth-order valence-corrected chi connectivity index (χ4v) is 3.54. The van der Waals surface area contributed by atoms with Gasteiger partial charge in [0.1, 0.15) is 12.0 Å². The number of aromatic amines is 1. The van der Waals surface area contributed by atoms with Crippen molar-refractivity contribution < 1.29 is 4.79 Å². The average molecular weight is 365 g/mol. The van der Waals surface area contributed by atoms with Crippen LogP contribution in [0.2, 0.25) is 0 Å². The molecular formula is C19H23N7O. The van der Waals surface area contributed by atoms with Crippen molar-refractivity contribution in [3.05, 3.63) is 42.1 Å². The molecule has 0 bridgehead atoms. The Bertz CT molecular complexity index is 938. The molecule has 8 nitrogen and oxygen atoms in total. The van der Waals surface area contributed by atoms with Crippen LogP contribution in [0, 0.1) is 0 Å². The van der Waals surface area contributed by atoms with Gasteiger partial charge < -0.3 is 10.2 Å². The number of likely N-dealkylation sites (tertiary alicyclic amines) is 1. The van der Waals surface area contributed by atoms with Crippen LogP contribution < -0.4 is 5.32 Å². The normalized spacial score (nSPS) is 17.4. The van der Waals surface area contributed by atoms with Crippen molar-refractivity contribution in [2.24, 2.45) is 0 Å². The first-order valence-electron chi connectivity index (χ1n) is 9.32. The Balaban J connectivity index is 1.64. The molecule has 1 aliphatic heterocycles. The molecule has 0 unspecified atom stereocenters. The molecule has 1 fully saturated rings. The van der Waals surface area contributed by atoms with Gasteiger partial charge in [-0.2, -0.15) is 5.10 Å². The fourth-order valence-electron chi connectivity index (χ4n) is 3.54. The lowest BCUT2D eigenvalue weighted by atomic mass is 9.98. The van der Waals surface area contributed by atoms with Crippen molar-refractivity contribution in [1.29, 1.82) is 0 Å². The van der Waals surface area contributed by atoms with Gasteiger partial charge in [-0.1, -0.05) is 0 Å². The molecule has 1 saturated heterocycles. The third-order valence-corrected chi connectivity index (χ3v) is 4.78. The van der Waals surface area contributed by atoms with E-state index in [1.807, 2.05) is 17.0 Å². The van der Waals surface area contributed by atoms with E-state index in [1.54, 1.807) is 12.3 Å². The maximum Gasteiger partial charge on any atom is 0.273 e. The number of carbonyl (C=O) groups is 1. The van der Waals surface area contributed by atoms with Crippen LogP contribution in [0.1, 0.15) is 55.3 Å². The number of nitrogens with one attached hydrogen (secondary N) is 2. The summed E-state index contributed by atoms with van der Waals surface area (Å²) in [5.74, 6) is 0.729. The molecule has 0 spiro atoms. The van der Waals surface area contributed by atoms with Gasteiger partial charge in [0, 0.05) is 18.8 Å². The van der Waals surface area contributed by atoms with Crippen molar-refractivity contribution >= 4 is 22.8 Å². The Kier molecular flexibility index (Phi) is 4.70. The van der Waals surface area contributed by atoms with Crippen molar-refractivity contribution in [1.82, 2.24) is 30.0 Å². The molecule has 1 atom stereocenters. The lowest BCUT2D eigenvalue weighted by molar-refractivity contribution is 0.0600. The zero-order chi connectivity index (χ0) is 18.8. The zero-order valence-corrected chi connectivity index (χ0v) is 15.5. The second-order valence-electron chi connectivity index (χ2n) is 7.11. The van der Waals surface area contributed by atoms with Crippen LogP contribution in [-0.4, -0.2) is 48.5 Å². The molecule has 1 aliphatic rings. The highest BCUT2D eigenvalue weighted by Crippen LogP contribution is 2.32. The van der Waals surface area contributed by atoms with Crippen molar-refractivity contribution in [2.75, 3.05) is 11.9 Å². The van der Waals surface area contributed by atoms with Crippen LogP contribution in [0.5, 0.6) is 0 Å². The predicted octanol–water partition coefficient (Wildman–Crippen LogP) is 2.94. The van der Waals surface area contributed by atoms with Gasteiger partial charge in [-0.05, 0) is 51.3 Å². The summed E-state index contributed by atoms with van der Waals surface area (Å²) in [5.41, 5.74) is 2.03. The standard InChI is InChI=1S/C19H23N7O/c1-12(2)22-17-13-6-7-14(23-18(13)25-24-17)16-5-3-4-10-26(16)19(27)15-8-9-20-11-21-15/h6-9,11-12,16H,3-5,10H2,1-2H3,(H2,22,23,24,25)/t16-/m0/s1. The Morgan fingerprint density at radius 1 is 1.30 bits per heavy atom. The first kappa shape index (κ1) is 17.4. The van der Waals surface area contributed by atoms with Crippen LogP contribution in [0.15, 0.2) is 30.7 Å². The number of nitrogens with zero attached hydrogens (tertiary/aromatic N) is 5. The number of hydrogen-bond donors (Lipinski definition) is 2. The summed E-state index contributed by atoms with van der Waals surface area (Å²) in [6.45, 7) is 4.85. The number of hydrogen-bond acceptors (Lipinski definition) is 6. The Morgan fingerprint density at radius 3 is 2.96 bits per heavy atom. The Morgan fingerprint density at radius 2 is 2.19 bits per heavy atom. The number of anilines is 1. The van der Waals surface area contributed by atoms with Crippen molar-refractivity contribution in [3.63, 3.8) is 0 Å². The highest BCUT2D eigenvalue weighted by molar-refractivity contribution is 5.92. The van der Waals surface area contributed by atoms with E-state index in [4.69, 9.17) is 4.98 Å². The summed E-state index contributed by atoms with van der Waals surface area (Å²) >= 11 is 0. The summed E-state index contributed by atoms with van der Waals surface area (Å²) in [6, 6.07) is 5.91. The minimum Gasteiger partial charge on any atom is -0.366 e. The number of carbonyl (C=O) groups excluding carboxylic acids is 1. The second-order valence-corrected chi connectivity index (χ2v) is 7.11. The van der Waals surface area contributed by atoms with E-state index in [0.29, 0.717) is 12.2 Å². The van der Waals surface area contributed by atoms with Gasteiger partial charge in [-0.15, -0.1) is 0 Å². The van der Waals surface area contributed by atoms with Crippen LogP contribution >= 0.6 is 0 Å². The van der Waals surface area contributed by atoms with Gasteiger partial charge in [0.25, 0.3) is 5.91 Å². The highest BCUT2D eigenvalue weighted by Gasteiger charge is 2.30. The SMILES string of the molecule is CC(C)Nc1n[nH]c2nc([C@@H]3CCCCN3C(=O)c3ccncn3)ccc12. The first-order valence-corrected chi connectivity index (χ1v) is 9.32. The monoisotopic (exact) mass is 365 g/mol. The molecule has 3 aromatic heterocycles. The third kappa shape index (κ3) is 3.47. The topological polar surface area (TPSA) is 99.7 Å². The molecule has 0 saturated carbocycles. The van der Waals surface area contributed by atoms with E-state index in [-0.39, 0.29) is 18.0 Å². The smallest absolute Gasteiger partial charge is 0.273 e. The lowest BCUT2D eigenvalue weighted by Crippen LogP contribution is -2.39. The zero-order valence-electron chi connectivity index (χ0n) is 15.5. The average Bonchev–Trinajstić information content (AvgIpc) is 3.09. The summed E-state index contributed by atoms with van der Waals surface area (Å²) in [5, 5.41) is 11.6. The minimum absolute atomic E-state index is 0.0598. The van der Waals surface area contributed by atoms with Crippen LogP contribution in [-0.2, 0) is 0 Å². The quantitative estimate of drug-likeness (QED) is 0.737. The summed E-state index contributed by atoms with van der Waals surface area (Å²) < 4.78 is 0. The number of rotatable bonds is 4. The van der Waals surface area contributed by atoms with E-state index in [2.05, 4.69) is 39.3 Å². The van der Waals surface area contributed by atoms with Gasteiger partial charge in [-0.25, -0.2) is 15.0 Å². The third-order valence-electron chi connectivity index (χ3n) is 4.78. The molecule has 1 amide bonds. The number of piperidine rings is 1. The number of H-pyrrole nitrogens is 1. The number of amides is 1. The summed E-state index contributed by atoms with van der Waals surface area (Å²) in [7, 11) is 0. The molecule has 8 heteroatoms. The van der Waals surface area contributed by atoms with Crippen LogP contribution in [0.25, 0.3) is 11.0 Å². The first-order chi connectivity index (χ1) is 13.1. The Hall–Kier alpha value is -3.03. The lowest BCUT2D eigenvalue weighted by Gasteiger charge is -2.35. The van der Waals surface area contributed by atoms with E-state index >= 15 is 0 Å². The maximum absolute atomic E-state index is 13.0. The minimum atomic E-state index is -0.0734. The number of fused-ring (bicyclic) bond motifs is 1. The van der Waals surface area contributed by atoms with Crippen LogP contribution in [0.4, 0.5) is 5.82 Å². The molecule has 2 N–H and O–H groups in total. The van der Waals surface area contributed by atoms with Crippen LogP contribution in [0.3, 0.4) is 0 Å². The molecule has 27 heavy (non-hydrogen) atoms. The van der Waals surface area contributed by atoms with Gasteiger partial charge in [0.15, 0.2) is 11.5 Å². The number of aromatic nitrogens is 5. The molecule has 4 heterocycles. The largest absolute Gasteiger partial charge is 0.366 e. The van der Waals surface area contributed by atoms with Gasteiger partial charge in [0.05, 0.1) is 17.1 Å². The molecule has 3 aromatic rings.